The van der Waals surface area contributed by atoms with Crippen molar-refractivity contribution in [1.29, 1.82) is 5.26 Å². The van der Waals surface area contributed by atoms with Crippen molar-refractivity contribution in [3.8, 4) is 6.07 Å². The Bertz CT molecular complexity index is 521. The van der Waals surface area contributed by atoms with Gasteiger partial charge in [-0.05, 0) is 36.5 Å². The van der Waals surface area contributed by atoms with E-state index < -0.39 is 0 Å². The van der Waals surface area contributed by atoms with E-state index in [0.29, 0.717) is 17.3 Å². The molecule has 2 heteroatoms. The minimum absolute atomic E-state index is 0.401. The third-order valence-corrected chi connectivity index (χ3v) is 3.41. The molecule has 0 aliphatic heterocycles. The highest BCUT2D eigenvalue weighted by Crippen LogP contribution is 2.22. The first kappa shape index (κ1) is 13.3. The number of hydrogen-bond donors (Lipinski definition) is 0. The van der Waals surface area contributed by atoms with Gasteiger partial charge in [-0.15, -0.1) is 0 Å². The van der Waals surface area contributed by atoms with Gasteiger partial charge in [-0.2, -0.15) is 5.26 Å². The van der Waals surface area contributed by atoms with Crippen LogP contribution in [0.1, 0.15) is 36.8 Å². The smallest absolute Gasteiger partial charge is 0.132 e. The molecule has 1 aromatic rings. The van der Waals surface area contributed by atoms with E-state index in [4.69, 9.17) is 5.26 Å². The maximum absolute atomic E-state index is 11.1. The molecule has 1 aromatic carbocycles. The number of Topliss-reactive ketones (excluding diaryl/α,β-unsaturated/α-hetero) is 1. The van der Waals surface area contributed by atoms with Gasteiger partial charge in [0.05, 0.1) is 11.6 Å². The molecule has 0 aromatic heterocycles. The number of carbonyl (C=O) groups excluding carboxylic acids is 1. The third kappa shape index (κ3) is 4.22. The van der Waals surface area contributed by atoms with Crippen LogP contribution >= 0.6 is 0 Å². The average Bonchev–Trinajstić information content (AvgIpc) is 2.46. The third-order valence-electron chi connectivity index (χ3n) is 3.41. The number of hydrogen-bond acceptors (Lipinski definition) is 2. The molecular formula is C17H17NO. The van der Waals surface area contributed by atoms with Gasteiger partial charge < -0.3 is 0 Å². The molecule has 1 aliphatic rings. The van der Waals surface area contributed by atoms with Crippen LogP contribution in [0, 0.1) is 17.2 Å². The molecule has 0 saturated heterocycles. The first-order valence-corrected chi connectivity index (χ1v) is 6.64. The van der Waals surface area contributed by atoms with Crippen molar-refractivity contribution < 1.29 is 4.79 Å². The van der Waals surface area contributed by atoms with Crippen LogP contribution in [-0.2, 0) is 4.79 Å². The van der Waals surface area contributed by atoms with Crippen molar-refractivity contribution in [2.24, 2.45) is 5.92 Å². The van der Waals surface area contributed by atoms with Gasteiger partial charge >= 0.3 is 0 Å². The van der Waals surface area contributed by atoms with Gasteiger partial charge in [0.25, 0.3) is 0 Å². The molecule has 0 N–H and O–H groups in total. The first-order valence-electron chi connectivity index (χ1n) is 6.64. The number of benzene rings is 1. The van der Waals surface area contributed by atoms with Crippen LogP contribution in [0.2, 0.25) is 0 Å². The molecule has 96 valence electrons. The molecule has 0 radical (unpaired) electrons. The van der Waals surface area contributed by atoms with Gasteiger partial charge in [-0.1, -0.05) is 36.4 Å². The SMILES string of the molecule is N#Cc1ccc(C=CC=CC2CCC(=O)CC2)cc1. The van der Waals surface area contributed by atoms with Crippen molar-refractivity contribution in [3.63, 3.8) is 0 Å². The summed E-state index contributed by atoms with van der Waals surface area (Å²) in [5, 5.41) is 8.70. The minimum Gasteiger partial charge on any atom is -0.300 e. The molecule has 1 aliphatic carbocycles. The number of rotatable bonds is 3. The summed E-state index contributed by atoms with van der Waals surface area (Å²) in [5.41, 5.74) is 1.77. The predicted molar refractivity (Wildman–Crippen MR) is 76.3 cm³/mol. The predicted octanol–water partition coefficient (Wildman–Crippen LogP) is 3.89. The lowest BCUT2D eigenvalue weighted by atomic mass is 9.88. The van der Waals surface area contributed by atoms with Gasteiger partial charge in [-0.25, -0.2) is 0 Å². The Morgan fingerprint density at radius 3 is 2.42 bits per heavy atom. The summed E-state index contributed by atoms with van der Waals surface area (Å²) >= 11 is 0. The standard InChI is InChI=1S/C17H17NO/c18-13-16-7-5-14(6-8-16)3-1-2-4-15-9-11-17(19)12-10-15/h1-8,15H,9-12H2. The zero-order valence-corrected chi connectivity index (χ0v) is 10.9. The highest BCUT2D eigenvalue weighted by atomic mass is 16.1. The maximum atomic E-state index is 11.1. The van der Waals surface area contributed by atoms with Crippen molar-refractivity contribution in [2.75, 3.05) is 0 Å². The van der Waals surface area contributed by atoms with E-state index in [0.717, 1.165) is 31.2 Å². The van der Waals surface area contributed by atoms with Gasteiger partial charge in [-0.3, -0.25) is 4.79 Å². The summed E-state index contributed by atoms with van der Waals surface area (Å²) in [7, 11) is 0. The summed E-state index contributed by atoms with van der Waals surface area (Å²) in [5.74, 6) is 0.945. The van der Waals surface area contributed by atoms with Crippen molar-refractivity contribution >= 4 is 11.9 Å². The average molecular weight is 251 g/mol. The zero-order chi connectivity index (χ0) is 13.5. The van der Waals surface area contributed by atoms with Crippen molar-refractivity contribution in [1.82, 2.24) is 0 Å². The summed E-state index contributed by atoms with van der Waals surface area (Å²) in [6.45, 7) is 0. The van der Waals surface area contributed by atoms with E-state index in [1.54, 1.807) is 0 Å². The summed E-state index contributed by atoms with van der Waals surface area (Å²) in [6.07, 6.45) is 11.7. The normalized spacial score (nSPS) is 17.1. The van der Waals surface area contributed by atoms with Gasteiger partial charge in [0.15, 0.2) is 0 Å². The number of carbonyl (C=O) groups is 1. The lowest BCUT2D eigenvalue weighted by Crippen LogP contribution is -2.11. The van der Waals surface area contributed by atoms with Gasteiger partial charge in [0.1, 0.15) is 5.78 Å². The second-order valence-electron chi connectivity index (χ2n) is 4.85. The monoisotopic (exact) mass is 251 g/mol. The molecule has 2 rings (SSSR count). The molecule has 0 atom stereocenters. The van der Waals surface area contributed by atoms with E-state index in [1.165, 1.54) is 0 Å². The van der Waals surface area contributed by atoms with Crippen LogP contribution in [-0.4, -0.2) is 5.78 Å². The topological polar surface area (TPSA) is 40.9 Å². The van der Waals surface area contributed by atoms with Crippen molar-refractivity contribution in [3.05, 3.63) is 53.6 Å². The number of nitriles is 1. The van der Waals surface area contributed by atoms with E-state index in [2.05, 4.69) is 18.2 Å². The number of ketones is 1. The molecular weight excluding hydrogens is 234 g/mol. The van der Waals surface area contributed by atoms with Crippen LogP contribution in [0.4, 0.5) is 0 Å². The fourth-order valence-electron chi connectivity index (χ4n) is 2.21. The number of allylic oxidation sites excluding steroid dienone is 3. The molecule has 0 bridgehead atoms. The fraction of sp³-hybridized carbons (Fsp3) is 0.294. The molecule has 0 heterocycles. The lowest BCUT2D eigenvalue weighted by Gasteiger charge is -2.16. The van der Waals surface area contributed by atoms with Crippen LogP contribution < -0.4 is 0 Å². The van der Waals surface area contributed by atoms with Gasteiger partial charge in [0.2, 0.25) is 0 Å². The Morgan fingerprint density at radius 1 is 1.11 bits per heavy atom. The number of nitrogens with zero attached hydrogens (tertiary/aromatic N) is 1. The Hall–Kier alpha value is -2.14. The first-order chi connectivity index (χ1) is 9.28. The quantitative estimate of drug-likeness (QED) is 0.765. The Labute approximate surface area is 114 Å². The molecule has 0 amide bonds. The molecule has 19 heavy (non-hydrogen) atoms. The zero-order valence-electron chi connectivity index (χ0n) is 10.9. The van der Waals surface area contributed by atoms with Crippen LogP contribution in [0.3, 0.4) is 0 Å². The molecule has 1 fully saturated rings. The maximum Gasteiger partial charge on any atom is 0.132 e. The van der Waals surface area contributed by atoms with Crippen molar-refractivity contribution in [2.45, 2.75) is 25.7 Å². The molecule has 1 saturated carbocycles. The van der Waals surface area contributed by atoms with E-state index >= 15 is 0 Å². The van der Waals surface area contributed by atoms with Crippen LogP contribution in [0.15, 0.2) is 42.5 Å². The largest absolute Gasteiger partial charge is 0.300 e. The summed E-state index contributed by atoms with van der Waals surface area (Å²) in [4.78, 5) is 11.1. The molecule has 2 nitrogen and oxygen atoms in total. The van der Waals surface area contributed by atoms with E-state index in [-0.39, 0.29) is 0 Å². The highest BCUT2D eigenvalue weighted by Gasteiger charge is 2.15. The fourth-order valence-corrected chi connectivity index (χ4v) is 2.21. The van der Waals surface area contributed by atoms with Crippen LogP contribution in [0.25, 0.3) is 6.08 Å². The van der Waals surface area contributed by atoms with E-state index in [9.17, 15) is 4.79 Å². The lowest BCUT2D eigenvalue weighted by molar-refractivity contribution is -0.120. The Kier molecular flexibility index (Phi) is 4.69. The molecule has 0 unspecified atom stereocenters. The second-order valence-corrected chi connectivity index (χ2v) is 4.85. The van der Waals surface area contributed by atoms with Gasteiger partial charge in [0, 0.05) is 12.8 Å². The van der Waals surface area contributed by atoms with Crippen LogP contribution in [0.5, 0.6) is 0 Å². The minimum atomic E-state index is 0.401. The Balaban J connectivity index is 1.85. The van der Waals surface area contributed by atoms with E-state index in [1.807, 2.05) is 36.4 Å². The highest BCUT2D eigenvalue weighted by molar-refractivity contribution is 5.79. The summed E-state index contributed by atoms with van der Waals surface area (Å²) < 4.78 is 0. The summed E-state index contributed by atoms with van der Waals surface area (Å²) in [6, 6.07) is 9.60. The second kappa shape index (κ2) is 6.70. The molecule has 0 spiro atoms. The Morgan fingerprint density at radius 2 is 1.79 bits per heavy atom.